The molecule has 0 aliphatic rings. The molecule has 1 N–H and O–H groups in total. The van der Waals surface area contributed by atoms with Gasteiger partial charge < -0.3 is 9.15 Å². The molecule has 0 aliphatic heterocycles. The van der Waals surface area contributed by atoms with Crippen LogP contribution in [0.25, 0.3) is 21.5 Å². The van der Waals surface area contributed by atoms with Crippen molar-refractivity contribution in [3.8, 4) is 17.1 Å². The maximum Gasteiger partial charge on any atom is 0.204 e. The van der Waals surface area contributed by atoms with Gasteiger partial charge in [-0.05, 0) is 42.5 Å². The number of benzene rings is 2. The number of rotatable bonds is 5. The molecule has 4 rings (SSSR count). The van der Waals surface area contributed by atoms with Gasteiger partial charge in [0.1, 0.15) is 17.3 Å². The van der Waals surface area contributed by atoms with E-state index in [2.05, 4.69) is 15.5 Å². The fourth-order valence-corrected chi connectivity index (χ4v) is 3.54. The molecule has 4 aromatic rings. The number of fused-ring (bicyclic) bond motifs is 1. The van der Waals surface area contributed by atoms with Gasteiger partial charge in [0, 0.05) is 5.56 Å². The standard InChI is InChI=1S/C19H14ClN3O2S/c1-24-17-8-6-12(10-14(17)20)16-9-7-13(25-16)11-21-23-19-22-15-4-2-3-5-18(15)26-19/h2-11H,1H3,(H,22,23)/b21-11-. The number of methoxy groups -OCH3 is 1. The predicted molar refractivity (Wildman–Crippen MR) is 107 cm³/mol. The van der Waals surface area contributed by atoms with Crippen LogP contribution in [-0.4, -0.2) is 18.3 Å². The Hall–Kier alpha value is -2.83. The van der Waals surface area contributed by atoms with Crippen LogP contribution in [-0.2, 0) is 0 Å². The van der Waals surface area contributed by atoms with Crippen molar-refractivity contribution in [2.24, 2.45) is 5.10 Å². The minimum absolute atomic E-state index is 0.536. The smallest absolute Gasteiger partial charge is 0.204 e. The van der Waals surface area contributed by atoms with E-state index in [1.54, 1.807) is 30.7 Å². The van der Waals surface area contributed by atoms with Crippen LogP contribution < -0.4 is 10.2 Å². The van der Waals surface area contributed by atoms with E-state index in [9.17, 15) is 0 Å². The lowest BCUT2D eigenvalue weighted by molar-refractivity contribution is 0.415. The summed E-state index contributed by atoms with van der Waals surface area (Å²) in [6.45, 7) is 0. The lowest BCUT2D eigenvalue weighted by Crippen LogP contribution is -1.88. The molecular formula is C19H14ClN3O2S. The number of thiazole rings is 1. The van der Waals surface area contributed by atoms with Crippen LogP contribution in [0.2, 0.25) is 5.02 Å². The summed E-state index contributed by atoms with van der Waals surface area (Å²) in [6.07, 6.45) is 1.61. The Labute approximate surface area is 158 Å². The first kappa shape index (κ1) is 16.6. The molecule has 26 heavy (non-hydrogen) atoms. The van der Waals surface area contributed by atoms with Crippen molar-refractivity contribution in [1.29, 1.82) is 0 Å². The molecule has 0 radical (unpaired) electrons. The molecule has 7 heteroatoms. The van der Waals surface area contributed by atoms with Gasteiger partial charge in [-0.2, -0.15) is 5.10 Å². The van der Waals surface area contributed by atoms with Crippen molar-refractivity contribution in [3.63, 3.8) is 0 Å². The zero-order valence-corrected chi connectivity index (χ0v) is 15.3. The van der Waals surface area contributed by atoms with E-state index in [0.29, 0.717) is 22.3 Å². The summed E-state index contributed by atoms with van der Waals surface area (Å²) < 4.78 is 12.1. The molecule has 2 aromatic carbocycles. The van der Waals surface area contributed by atoms with Gasteiger partial charge in [0.25, 0.3) is 0 Å². The highest BCUT2D eigenvalue weighted by molar-refractivity contribution is 7.22. The summed E-state index contributed by atoms with van der Waals surface area (Å²) in [4.78, 5) is 4.46. The number of aromatic nitrogens is 1. The molecule has 5 nitrogen and oxygen atoms in total. The van der Waals surface area contributed by atoms with E-state index in [4.69, 9.17) is 20.8 Å². The van der Waals surface area contributed by atoms with Crippen molar-refractivity contribution in [2.45, 2.75) is 0 Å². The van der Waals surface area contributed by atoms with Crippen molar-refractivity contribution in [2.75, 3.05) is 12.5 Å². The van der Waals surface area contributed by atoms with Crippen molar-refractivity contribution in [1.82, 2.24) is 4.98 Å². The first-order valence-electron chi connectivity index (χ1n) is 7.81. The summed E-state index contributed by atoms with van der Waals surface area (Å²) in [5.41, 5.74) is 4.76. The number of para-hydroxylation sites is 1. The van der Waals surface area contributed by atoms with Gasteiger partial charge in [-0.1, -0.05) is 35.1 Å². The van der Waals surface area contributed by atoms with E-state index < -0.39 is 0 Å². The van der Waals surface area contributed by atoms with Gasteiger partial charge in [0.15, 0.2) is 0 Å². The maximum atomic E-state index is 6.16. The highest BCUT2D eigenvalue weighted by Crippen LogP contribution is 2.31. The molecule has 0 saturated heterocycles. The Morgan fingerprint density at radius 1 is 1.19 bits per heavy atom. The van der Waals surface area contributed by atoms with E-state index in [-0.39, 0.29) is 0 Å². The zero-order chi connectivity index (χ0) is 17.9. The van der Waals surface area contributed by atoms with Crippen LogP contribution >= 0.6 is 22.9 Å². The van der Waals surface area contributed by atoms with Gasteiger partial charge >= 0.3 is 0 Å². The van der Waals surface area contributed by atoms with E-state index in [1.807, 2.05) is 48.5 Å². The third-order valence-electron chi connectivity index (χ3n) is 3.71. The van der Waals surface area contributed by atoms with Crippen molar-refractivity contribution in [3.05, 3.63) is 65.4 Å². The molecule has 0 saturated carbocycles. The first-order chi connectivity index (χ1) is 12.7. The number of hydrogen-bond acceptors (Lipinski definition) is 6. The number of furan rings is 1. The highest BCUT2D eigenvalue weighted by atomic mass is 35.5. The van der Waals surface area contributed by atoms with Gasteiger partial charge in [0.05, 0.1) is 28.6 Å². The summed E-state index contributed by atoms with van der Waals surface area (Å²) in [7, 11) is 1.58. The second kappa shape index (κ2) is 7.19. The third kappa shape index (κ3) is 3.42. The number of hydrogen-bond donors (Lipinski definition) is 1. The molecule has 0 amide bonds. The Morgan fingerprint density at radius 3 is 2.88 bits per heavy atom. The van der Waals surface area contributed by atoms with Gasteiger partial charge in [-0.15, -0.1) is 0 Å². The Balaban J connectivity index is 1.47. The quantitative estimate of drug-likeness (QED) is 0.356. The first-order valence-corrected chi connectivity index (χ1v) is 9.01. The average Bonchev–Trinajstić information content (AvgIpc) is 3.28. The lowest BCUT2D eigenvalue weighted by Gasteiger charge is -2.03. The van der Waals surface area contributed by atoms with Crippen LogP contribution in [0.15, 0.2) is 64.1 Å². The zero-order valence-electron chi connectivity index (χ0n) is 13.8. The molecule has 130 valence electrons. The van der Waals surface area contributed by atoms with Gasteiger partial charge in [0.2, 0.25) is 5.13 Å². The Bertz CT molecular complexity index is 1050. The summed E-state index contributed by atoms with van der Waals surface area (Å²) in [6, 6.07) is 17.2. The average molecular weight is 384 g/mol. The summed E-state index contributed by atoms with van der Waals surface area (Å²) in [5.74, 6) is 1.96. The minimum Gasteiger partial charge on any atom is -0.495 e. The Morgan fingerprint density at radius 2 is 2.08 bits per heavy atom. The van der Waals surface area contributed by atoms with Crippen LogP contribution in [0.1, 0.15) is 5.76 Å². The number of nitrogens with zero attached hydrogens (tertiary/aromatic N) is 2. The maximum absolute atomic E-state index is 6.16. The third-order valence-corrected chi connectivity index (χ3v) is 4.95. The summed E-state index contributed by atoms with van der Waals surface area (Å²) in [5, 5.41) is 5.46. The van der Waals surface area contributed by atoms with E-state index in [0.717, 1.165) is 20.9 Å². The topological polar surface area (TPSA) is 59.6 Å². The molecule has 0 aliphatic carbocycles. The fraction of sp³-hybridized carbons (Fsp3) is 0.0526. The SMILES string of the molecule is COc1ccc(-c2ccc(/C=N\Nc3nc4ccccc4s3)o2)cc1Cl. The lowest BCUT2D eigenvalue weighted by atomic mass is 10.2. The van der Waals surface area contributed by atoms with Crippen LogP contribution in [0.3, 0.4) is 0 Å². The number of hydrazone groups is 1. The normalized spacial score (nSPS) is 11.3. The largest absolute Gasteiger partial charge is 0.495 e. The molecule has 0 fully saturated rings. The number of halogens is 1. The van der Waals surface area contributed by atoms with Crippen LogP contribution in [0, 0.1) is 0 Å². The number of nitrogens with one attached hydrogen (secondary N) is 1. The second-order valence-electron chi connectivity index (χ2n) is 5.41. The van der Waals surface area contributed by atoms with Gasteiger partial charge in [-0.3, -0.25) is 5.43 Å². The van der Waals surface area contributed by atoms with Gasteiger partial charge in [-0.25, -0.2) is 4.98 Å². The minimum atomic E-state index is 0.536. The van der Waals surface area contributed by atoms with Crippen molar-refractivity contribution < 1.29 is 9.15 Å². The molecular weight excluding hydrogens is 370 g/mol. The molecule has 0 spiro atoms. The fourth-order valence-electron chi connectivity index (χ4n) is 2.47. The molecule has 0 bridgehead atoms. The highest BCUT2D eigenvalue weighted by Gasteiger charge is 2.07. The van der Waals surface area contributed by atoms with Crippen LogP contribution in [0.5, 0.6) is 5.75 Å². The second-order valence-corrected chi connectivity index (χ2v) is 6.85. The molecule has 2 heterocycles. The monoisotopic (exact) mass is 383 g/mol. The van der Waals surface area contributed by atoms with Crippen LogP contribution in [0.4, 0.5) is 5.13 Å². The number of ether oxygens (including phenoxy) is 1. The predicted octanol–water partition coefficient (Wildman–Crippen LogP) is 5.66. The van der Waals surface area contributed by atoms with E-state index >= 15 is 0 Å². The molecule has 0 atom stereocenters. The molecule has 0 unspecified atom stereocenters. The van der Waals surface area contributed by atoms with Crippen molar-refractivity contribution >= 4 is 44.5 Å². The Kier molecular flexibility index (Phi) is 4.60. The molecule has 2 aromatic heterocycles. The van der Waals surface area contributed by atoms with E-state index in [1.165, 1.54) is 0 Å². The number of anilines is 1. The summed E-state index contributed by atoms with van der Waals surface area (Å²) >= 11 is 7.71.